The summed E-state index contributed by atoms with van der Waals surface area (Å²) in [4.78, 5) is 12.6. The van der Waals surface area contributed by atoms with Crippen LogP contribution in [0.25, 0.3) is 0 Å². The van der Waals surface area contributed by atoms with Gasteiger partial charge in [-0.25, -0.2) is 0 Å². The van der Waals surface area contributed by atoms with Gasteiger partial charge in [0.2, 0.25) is 0 Å². The summed E-state index contributed by atoms with van der Waals surface area (Å²) < 4.78 is 19.7. The molecule has 0 bridgehead atoms. The molecule has 0 fully saturated rings. The highest BCUT2D eigenvalue weighted by atomic mass is 28.4. The van der Waals surface area contributed by atoms with Gasteiger partial charge in [0.05, 0.1) is 17.1 Å². The first-order chi connectivity index (χ1) is 14.5. The Morgan fingerprint density at radius 1 is 0.818 bits per heavy atom. The number of carbonyl (C=O) groups is 1. The number of carbonyl (C=O) groups excluding carboxylic acids is 1. The first-order valence-electron chi connectivity index (χ1n) is 12.3. The molecule has 0 aromatic rings. The van der Waals surface area contributed by atoms with Crippen LogP contribution in [0.4, 0.5) is 0 Å². The maximum atomic E-state index is 12.6. The Balaban J connectivity index is 6.24. The van der Waals surface area contributed by atoms with Gasteiger partial charge in [0, 0.05) is 6.42 Å². The fraction of sp³-hybridized carbons (Fsp3) is 0.815. The molecule has 0 heterocycles. The van der Waals surface area contributed by atoms with Crippen molar-refractivity contribution >= 4 is 22.6 Å². The Morgan fingerprint density at radius 3 is 1.58 bits per heavy atom. The van der Waals surface area contributed by atoms with E-state index in [0.29, 0.717) is 19.3 Å². The van der Waals surface area contributed by atoms with E-state index in [9.17, 15) is 4.79 Å². The van der Waals surface area contributed by atoms with E-state index in [1.165, 1.54) is 0 Å². The van der Waals surface area contributed by atoms with Crippen LogP contribution in [0.1, 0.15) is 81.6 Å². The average Bonchev–Trinajstić information content (AvgIpc) is 2.56. The van der Waals surface area contributed by atoms with Crippen LogP contribution in [0.2, 0.25) is 36.3 Å². The normalized spacial score (nSPS) is 15.2. The van der Waals surface area contributed by atoms with Gasteiger partial charge in [0.25, 0.3) is 0 Å². The first kappa shape index (κ1) is 32.3. The SMILES string of the molecule is C=CCC(CC=C)(C[C@@H](COC(=O)C(C)(C)C)O[Si](C)(C)C(C)(C)C)O[Si](C)(C)C(C)(C)C. The molecule has 0 spiro atoms. The minimum absolute atomic E-state index is 0.0408. The van der Waals surface area contributed by atoms with Crippen LogP contribution in [-0.2, 0) is 18.4 Å². The second-order valence-electron chi connectivity index (χ2n) is 13.6. The van der Waals surface area contributed by atoms with Gasteiger partial charge in [-0.05, 0) is 69.9 Å². The van der Waals surface area contributed by atoms with Crippen molar-refractivity contribution < 1.29 is 18.4 Å². The third kappa shape index (κ3) is 9.83. The maximum Gasteiger partial charge on any atom is 0.311 e. The molecule has 0 N–H and O–H groups in total. The first-order valence-corrected chi connectivity index (χ1v) is 18.1. The van der Waals surface area contributed by atoms with E-state index >= 15 is 0 Å². The summed E-state index contributed by atoms with van der Waals surface area (Å²) in [6.07, 6.45) is 5.61. The summed E-state index contributed by atoms with van der Waals surface area (Å²) in [7, 11) is -4.21. The monoisotopic (exact) mass is 498 g/mol. The Kier molecular flexibility index (Phi) is 11.1. The summed E-state index contributed by atoms with van der Waals surface area (Å²) >= 11 is 0. The van der Waals surface area contributed by atoms with Crippen LogP contribution in [0, 0.1) is 5.41 Å². The molecular weight excluding hydrogens is 444 g/mol. The van der Waals surface area contributed by atoms with Crippen molar-refractivity contribution in [1.29, 1.82) is 0 Å². The lowest BCUT2D eigenvalue weighted by molar-refractivity contribution is -0.156. The van der Waals surface area contributed by atoms with Crippen LogP contribution >= 0.6 is 0 Å². The Morgan fingerprint density at radius 2 is 1.24 bits per heavy atom. The largest absolute Gasteiger partial charge is 0.463 e. The number of hydrogen-bond acceptors (Lipinski definition) is 4. The van der Waals surface area contributed by atoms with Crippen molar-refractivity contribution in [3.05, 3.63) is 25.3 Å². The summed E-state index contributed by atoms with van der Waals surface area (Å²) in [6.45, 7) is 36.4. The topological polar surface area (TPSA) is 44.8 Å². The minimum Gasteiger partial charge on any atom is -0.463 e. The predicted octanol–water partition coefficient (Wildman–Crippen LogP) is 8.27. The zero-order valence-electron chi connectivity index (χ0n) is 24.1. The van der Waals surface area contributed by atoms with E-state index < -0.39 is 27.7 Å². The summed E-state index contributed by atoms with van der Waals surface area (Å²) in [5.74, 6) is -0.213. The van der Waals surface area contributed by atoms with E-state index in [0.717, 1.165) is 0 Å². The average molecular weight is 499 g/mol. The summed E-state index contributed by atoms with van der Waals surface area (Å²) in [5.41, 5.74) is -1.05. The summed E-state index contributed by atoms with van der Waals surface area (Å²) in [5, 5.41) is 0.105. The molecule has 33 heavy (non-hydrogen) atoms. The second-order valence-corrected chi connectivity index (χ2v) is 23.1. The third-order valence-electron chi connectivity index (χ3n) is 7.19. The molecule has 0 aliphatic heterocycles. The molecule has 4 nitrogen and oxygen atoms in total. The van der Waals surface area contributed by atoms with Crippen LogP contribution in [0.15, 0.2) is 25.3 Å². The highest BCUT2D eigenvalue weighted by Gasteiger charge is 2.47. The molecule has 0 rings (SSSR count). The quantitative estimate of drug-likeness (QED) is 0.154. The molecule has 0 aromatic heterocycles. The van der Waals surface area contributed by atoms with Gasteiger partial charge in [0.15, 0.2) is 16.6 Å². The van der Waals surface area contributed by atoms with Crippen molar-refractivity contribution in [2.75, 3.05) is 6.61 Å². The van der Waals surface area contributed by atoms with Crippen molar-refractivity contribution in [2.24, 2.45) is 5.41 Å². The van der Waals surface area contributed by atoms with Gasteiger partial charge in [-0.1, -0.05) is 53.7 Å². The third-order valence-corrected chi connectivity index (χ3v) is 16.3. The van der Waals surface area contributed by atoms with Crippen LogP contribution in [0.5, 0.6) is 0 Å². The lowest BCUT2D eigenvalue weighted by atomic mass is 9.89. The number of hydrogen-bond donors (Lipinski definition) is 0. The van der Waals surface area contributed by atoms with Gasteiger partial charge in [-0.2, -0.15) is 0 Å². The molecule has 6 heteroatoms. The molecule has 0 unspecified atom stereocenters. The highest BCUT2D eigenvalue weighted by molar-refractivity contribution is 6.74. The number of rotatable bonds is 12. The van der Waals surface area contributed by atoms with E-state index in [2.05, 4.69) is 80.9 Å². The van der Waals surface area contributed by atoms with Crippen molar-refractivity contribution in [2.45, 2.75) is 130 Å². The Bertz CT molecular complexity index is 651. The molecule has 0 radical (unpaired) electrons. The van der Waals surface area contributed by atoms with E-state index in [4.69, 9.17) is 13.6 Å². The Hall–Kier alpha value is -0.696. The predicted molar refractivity (Wildman–Crippen MR) is 148 cm³/mol. The standard InChI is InChI=1S/C27H54O4Si2/c1-16-18-27(19-17-2,31-33(14,15)26(9,10)11)20-22(21-29-23(28)24(3,4)5)30-32(12,13)25(6,7)8/h16-17,22H,1-2,18-21H2,3-15H3/t22-/m0/s1. The molecule has 0 saturated carbocycles. The van der Waals surface area contributed by atoms with Gasteiger partial charge in [0.1, 0.15) is 6.61 Å². The smallest absolute Gasteiger partial charge is 0.311 e. The van der Waals surface area contributed by atoms with Crippen molar-refractivity contribution in [1.82, 2.24) is 0 Å². The second kappa shape index (κ2) is 11.4. The molecule has 0 aliphatic rings. The molecule has 0 aromatic carbocycles. The van der Waals surface area contributed by atoms with Crippen LogP contribution < -0.4 is 0 Å². The maximum absolute atomic E-state index is 12.6. The zero-order chi connectivity index (χ0) is 26.5. The lowest BCUT2D eigenvalue weighted by Gasteiger charge is -2.48. The van der Waals surface area contributed by atoms with E-state index in [1.54, 1.807) is 0 Å². The molecule has 1 atom stereocenters. The molecule has 0 aliphatic carbocycles. The van der Waals surface area contributed by atoms with Gasteiger partial charge in [-0.15, -0.1) is 13.2 Å². The van der Waals surface area contributed by atoms with E-state index in [1.807, 2.05) is 32.9 Å². The van der Waals surface area contributed by atoms with Gasteiger partial charge < -0.3 is 13.6 Å². The highest BCUT2D eigenvalue weighted by Crippen LogP contribution is 2.44. The van der Waals surface area contributed by atoms with Crippen LogP contribution in [0.3, 0.4) is 0 Å². The Labute approximate surface area is 207 Å². The van der Waals surface area contributed by atoms with Gasteiger partial charge >= 0.3 is 5.97 Å². The van der Waals surface area contributed by atoms with Gasteiger partial charge in [-0.3, -0.25) is 4.79 Å². The lowest BCUT2D eigenvalue weighted by Crippen LogP contribution is -2.53. The van der Waals surface area contributed by atoms with E-state index in [-0.39, 0.29) is 28.8 Å². The van der Waals surface area contributed by atoms with Crippen molar-refractivity contribution in [3.63, 3.8) is 0 Å². The molecule has 0 amide bonds. The molecular formula is C27H54O4Si2. The van der Waals surface area contributed by atoms with Crippen LogP contribution in [-0.4, -0.2) is 40.9 Å². The number of ether oxygens (including phenoxy) is 1. The molecule has 194 valence electrons. The molecule has 0 saturated heterocycles. The fourth-order valence-electron chi connectivity index (χ4n) is 3.12. The minimum atomic E-state index is -2.11. The number of esters is 1. The fourth-order valence-corrected chi connectivity index (χ4v) is 6.10. The van der Waals surface area contributed by atoms with Crippen molar-refractivity contribution in [3.8, 4) is 0 Å². The summed E-state index contributed by atoms with van der Waals surface area (Å²) in [6, 6.07) is 0. The zero-order valence-corrected chi connectivity index (χ0v) is 26.1.